The summed E-state index contributed by atoms with van der Waals surface area (Å²) in [6.07, 6.45) is 3.72. The van der Waals surface area contributed by atoms with Crippen molar-refractivity contribution in [2.24, 2.45) is 0 Å². The lowest BCUT2D eigenvalue weighted by molar-refractivity contribution is -0.139. The monoisotopic (exact) mass is 284 g/mol. The number of hydrogen-bond donors (Lipinski definition) is 2. The molecule has 108 valence electrons. The fourth-order valence-corrected chi connectivity index (χ4v) is 2.52. The van der Waals surface area contributed by atoms with Gasteiger partial charge in [-0.25, -0.2) is 4.98 Å². The van der Waals surface area contributed by atoms with Gasteiger partial charge in [-0.1, -0.05) is 24.8 Å². The number of aliphatic carboxylic acids is 1. The summed E-state index contributed by atoms with van der Waals surface area (Å²) in [6, 6.07) is 7.32. The van der Waals surface area contributed by atoms with Crippen molar-refractivity contribution in [3.63, 3.8) is 0 Å². The first-order valence-corrected chi connectivity index (χ1v) is 6.81. The predicted octanol–water partition coefficient (Wildman–Crippen LogP) is 2.07. The average molecular weight is 284 g/mol. The van der Waals surface area contributed by atoms with Crippen LogP contribution in [0.15, 0.2) is 37.0 Å². The lowest BCUT2D eigenvalue weighted by Crippen LogP contribution is -2.30. The van der Waals surface area contributed by atoms with Crippen LogP contribution in [0.1, 0.15) is 12.0 Å². The quantitative estimate of drug-likeness (QED) is 0.899. The Balaban J connectivity index is 1.87. The molecule has 5 heteroatoms. The number of rotatable bonds is 4. The van der Waals surface area contributed by atoms with Gasteiger partial charge in [-0.3, -0.25) is 4.79 Å². The molecule has 0 unspecified atom stereocenters. The molecule has 1 fully saturated rings. The number of pyridine rings is 1. The first-order valence-electron chi connectivity index (χ1n) is 6.81. The Bertz CT molecular complexity index is 699. The van der Waals surface area contributed by atoms with Crippen LogP contribution in [0.4, 0.5) is 0 Å². The summed E-state index contributed by atoms with van der Waals surface area (Å²) in [6.45, 7) is 4.27. The number of carboxylic acid groups (broad SMARTS) is 1. The van der Waals surface area contributed by atoms with E-state index in [1.165, 1.54) is 0 Å². The Morgan fingerprint density at radius 1 is 1.48 bits per heavy atom. The zero-order chi connectivity index (χ0) is 14.8. The molecule has 0 amide bonds. The van der Waals surface area contributed by atoms with Crippen LogP contribution >= 0.6 is 0 Å². The highest BCUT2D eigenvalue weighted by Gasteiger charge is 2.30. The molecule has 0 saturated carbocycles. The SMILES string of the molecule is C=Cc1ccc2ccnc(O[C@H]3CN[C@H](C(=O)O)C3)c2c1. The number of carbonyl (C=O) groups is 1. The Labute approximate surface area is 122 Å². The van der Waals surface area contributed by atoms with Gasteiger partial charge in [0.1, 0.15) is 12.1 Å². The summed E-state index contributed by atoms with van der Waals surface area (Å²) in [4.78, 5) is 15.2. The van der Waals surface area contributed by atoms with E-state index in [0.717, 1.165) is 16.3 Å². The number of fused-ring (bicyclic) bond motifs is 1. The van der Waals surface area contributed by atoms with E-state index in [1.54, 1.807) is 12.3 Å². The van der Waals surface area contributed by atoms with Crippen LogP contribution in [0, 0.1) is 0 Å². The molecule has 5 nitrogen and oxygen atoms in total. The third-order valence-electron chi connectivity index (χ3n) is 3.66. The molecule has 1 aliphatic heterocycles. The molecule has 2 N–H and O–H groups in total. The standard InChI is InChI=1S/C16H16N2O3/c1-2-10-3-4-11-5-6-17-15(13(11)7-10)21-12-8-14(16(19)20)18-9-12/h2-7,12,14,18H,1,8-9H2,(H,19,20)/t12-,14+/m1/s1. The van der Waals surface area contributed by atoms with Gasteiger partial charge in [-0.15, -0.1) is 0 Å². The third-order valence-corrected chi connectivity index (χ3v) is 3.66. The van der Waals surface area contributed by atoms with Crippen molar-refractivity contribution in [3.05, 3.63) is 42.6 Å². The molecule has 2 heterocycles. The maximum atomic E-state index is 11.0. The van der Waals surface area contributed by atoms with Crippen LogP contribution in [0.25, 0.3) is 16.8 Å². The molecule has 2 aromatic rings. The Morgan fingerprint density at radius 3 is 3.05 bits per heavy atom. The van der Waals surface area contributed by atoms with Gasteiger partial charge in [0.25, 0.3) is 0 Å². The molecule has 0 bridgehead atoms. The predicted molar refractivity (Wildman–Crippen MR) is 80.3 cm³/mol. The molecule has 3 rings (SSSR count). The highest BCUT2D eigenvalue weighted by Crippen LogP contribution is 2.26. The fourth-order valence-electron chi connectivity index (χ4n) is 2.52. The van der Waals surface area contributed by atoms with Crippen LogP contribution < -0.4 is 10.1 Å². The minimum atomic E-state index is -0.846. The number of nitrogens with zero attached hydrogens (tertiary/aromatic N) is 1. The van der Waals surface area contributed by atoms with Gasteiger partial charge >= 0.3 is 5.97 Å². The van der Waals surface area contributed by atoms with Crippen molar-refractivity contribution in [2.45, 2.75) is 18.6 Å². The highest BCUT2D eigenvalue weighted by atomic mass is 16.5. The second-order valence-corrected chi connectivity index (χ2v) is 5.08. The van der Waals surface area contributed by atoms with Crippen LogP contribution in [0.2, 0.25) is 0 Å². The van der Waals surface area contributed by atoms with Gasteiger partial charge in [-0.2, -0.15) is 0 Å². The minimum absolute atomic E-state index is 0.184. The van der Waals surface area contributed by atoms with Crippen molar-refractivity contribution in [1.82, 2.24) is 10.3 Å². The van der Waals surface area contributed by atoms with Gasteiger partial charge in [0.2, 0.25) is 5.88 Å². The van der Waals surface area contributed by atoms with Gasteiger partial charge in [-0.05, 0) is 23.1 Å². The molecule has 1 aliphatic rings. The molecule has 1 saturated heterocycles. The Hall–Kier alpha value is -2.40. The summed E-state index contributed by atoms with van der Waals surface area (Å²) >= 11 is 0. The van der Waals surface area contributed by atoms with Crippen molar-refractivity contribution in [3.8, 4) is 5.88 Å². The summed E-state index contributed by atoms with van der Waals surface area (Å²) in [5.41, 5.74) is 0.994. The summed E-state index contributed by atoms with van der Waals surface area (Å²) in [5.74, 6) is -0.310. The lowest BCUT2D eigenvalue weighted by Gasteiger charge is -2.13. The van der Waals surface area contributed by atoms with E-state index in [0.29, 0.717) is 18.8 Å². The van der Waals surface area contributed by atoms with Gasteiger partial charge in [0, 0.05) is 24.5 Å². The second-order valence-electron chi connectivity index (χ2n) is 5.08. The maximum absolute atomic E-state index is 11.0. The first-order chi connectivity index (χ1) is 10.2. The van der Waals surface area contributed by atoms with Gasteiger partial charge < -0.3 is 15.2 Å². The van der Waals surface area contributed by atoms with Crippen molar-refractivity contribution in [1.29, 1.82) is 0 Å². The Morgan fingerprint density at radius 2 is 2.33 bits per heavy atom. The molecule has 1 aromatic carbocycles. The fraction of sp³-hybridized carbons (Fsp3) is 0.250. The normalized spacial score (nSPS) is 21.3. The van der Waals surface area contributed by atoms with E-state index in [-0.39, 0.29) is 6.10 Å². The summed E-state index contributed by atoms with van der Waals surface area (Å²) < 4.78 is 5.90. The topological polar surface area (TPSA) is 71.5 Å². The molecule has 0 radical (unpaired) electrons. The van der Waals surface area contributed by atoms with Crippen LogP contribution in [0.3, 0.4) is 0 Å². The van der Waals surface area contributed by atoms with E-state index < -0.39 is 12.0 Å². The lowest BCUT2D eigenvalue weighted by atomic mass is 10.1. The molecular weight excluding hydrogens is 268 g/mol. The smallest absolute Gasteiger partial charge is 0.320 e. The van der Waals surface area contributed by atoms with Crippen molar-refractivity contribution < 1.29 is 14.6 Å². The zero-order valence-electron chi connectivity index (χ0n) is 11.5. The van der Waals surface area contributed by atoms with Crippen molar-refractivity contribution >= 4 is 22.8 Å². The van der Waals surface area contributed by atoms with Gasteiger partial charge in [0.05, 0.1) is 0 Å². The molecule has 2 atom stereocenters. The van der Waals surface area contributed by atoms with E-state index in [2.05, 4.69) is 16.9 Å². The van der Waals surface area contributed by atoms with E-state index in [9.17, 15) is 4.79 Å². The zero-order valence-corrected chi connectivity index (χ0v) is 11.5. The van der Waals surface area contributed by atoms with Crippen LogP contribution in [-0.4, -0.2) is 34.8 Å². The second kappa shape index (κ2) is 5.54. The molecule has 21 heavy (non-hydrogen) atoms. The minimum Gasteiger partial charge on any atom is -0.480 e. The highest BCUT2D eigenvalue weighted by molar-refractivity contribution is 5.88. The first kappa shape index (κ1) is 13.6. The number of ether oxygens (including phenoxy) is 1. The summed E-state index contributed by atoms with van der Waals surface area (Å²) in [7, 11) is 0. The van der Waals surface area contributed by atoms with Gasteiger partial charge in [0.15, 0.2) is 0 Å². The maximum Gasteiger partial charge on any atom is 0.320 e. The summed E-state index contributed by atoms with van der Waals surface area (Å²) in [5, 5.41) is 13.9. The van der Waals surface area contributed by atoms with Crippen LogP contribution in [-0.2, 0) is 4.79 Å². The number of aromatic nitrogens is 1. The van der Waals surface area contributed by atoms with E-state index >= 15 is 0 Å². The largest absolute Gasteiger partial charge is 0.480 e. The number of carboxylic acids is 1. The molecule has 0 aliphatic carbocycles. The number of benzene rings is 1. The molecule has 1 aromatic heterocycles. The van der Waals surface area contributed by atoms with E-state index in [1.807, 2.05) is 24.3 Å². The average Bonchev–Trinajstić information content (AvgIpc) is 2.96. The molecular formula is C16H16N2O3. The molecule has 0 spiro atoms. The number of hydrogen-bond acceptors (Lipinski definition) is 4. The van der Waals surface area contributed by atoms with E-state index in [4.69, 9.17) is 9.84 Å². The van der Waals surface area contributed by atoms with Crippen LogP contribution in [0.5, 0.6) is 5.88 Å². The van der Waals surface area contributed by atoms with Crippen molar-refractivity contribution in [2.75, 3.05) is 6.54 Å². The third kappa shape index (κ3) is 2.73. The Kier molecular flexibility index (Phi) is 3.58. The number of nitrogens with one attached hydrogen (secondary N) is 1.